The lowest BCUT2D eigenvalue weighted by atomic mass is 9.90. The molecule has 7 heteroatoms. The van der Waals surface area contributed by atoms with Gasteiger partial charge in [0.25, 0.3) is 5.91 Å². The number of carbonyl (C=O) groups excluding carboxylic acids is 2. The SMILES string of the molecule is CN1c2cc(F)ccc2C(=O)NC12CCN(C(=O)Cc1cccc(F)c1)CC2. The van der Waals surface area contributed by atoms with Crippen molar-refractivity contribution in [1.82, 2.24) is 10.2 Å². The van der Waals surface area contributed by atoms with Gasteiger partial charge in [-0.3, -0.25) is 9.59 Å². The van der Waals surface area contributed by atoms with Crippen LogP contribution in [0.2, 0.25) is 0 Å². The van der Waals surface area contributed by atoms with Crippen molar-refractivity contribution < 1.29 is 18.4 Å². The summed E-state index contributed by atoms with van der Waals surface area (Å²) in [7, 11) is 1.84. The summed E-state index contributed by atoms with van der Waals surface area (Å²) in [6.07, 6.45) is 1.20. The monoisotopic (exact) mass is 385 g/mol. The zero-order valence-corrected chi connectivity index (χ0v) is 15.5. The number of halogens is 2. The van der Waals surface area contributed by atoms with Gasteiger partial charge in [0.15, 0.2) is 0 Å². The molecule has 0 saturated carbocycles. The molecule has 0 aromatic heterocycles. The lowest BCUT2D eigenvalue weighted by Crippen LogP contribution is -2.67. The summed E-state index contributed by atoms with van der Waals surface area (Å²) in [5.41, 5.74) is 0.994. The number of benzene rings is 2. The third-order valence-corrected chi connectivity index (χ3v) is 5.74. The molecular weight excluding hydrogens is 364 g/mol. The molecule has 0 aliphatic carbocycles. The smallest absolute Gasteiger partial charge is 0.255 e. The lowest BCUT2D eigenvalue weighted by molar-refractivity contribution is -0.132. The molecule has 1 N–H and O–H groups in total. The van der Waals surface area contributed by atoms with Gasteiger partial charge >= 0.3 is 0 Å². The van der Waals surface area contributed by atoms with E-state index in [4.69, 9.17) is 0 Å². The van der Waals surface area contributed by atoms with Crippen LogP contribution in [-0.2, 0) is 11.2 Å². The number of fused-ring (bicyclic) bond motifs is 1. The number of anilines is 1. The van der Waals surface area contributed by atoms with Crippen LogP contribution >= 0.6 is 0 Å². The van der Waals surface area contributed by atoms with Gasteiger partial charge in [-0.2, -0.15) is 0 Å². The molecule has 0 atom stereocenters. The van der Waals surface area contributed by atoms with E-state index in [-0.39, 0.29) is 24.1 Å². The van der Waals surface area contributed by atoms with Gasteiger partial charge in [-0.1, -0.05) is 12.1 Å². The molecule has 0 radical (unpaired) electrons. The molecular formula is C21H21F2N3O2. The summed E-state index contributed by atoms with van der Waals surface area (Å²) in [4.78, 5) is 28.8. The topological polar surface area (TPSA) is 52.7 Å². The van der Waals surface area contributed by atoms with Crippen molar-refractivity contribution in [3.05, 3.63) is 65.2 Å². The average Bonchev–Trinajstić information content (AvgIpc) is 2.67. The number of nitrogens with one attached hydrogen (secondary N) is 1. The van der Waals surface area contributed by atoms with Crippen LogP contribution in [0.4, 0.5) is 14.5 Å². The van der Waals surface area contributed by atoms with Crippen molar-refractivity contribution in [1.29, 1.82) is 0 Å². The van der Waals surface area contributed by atoms with E-state index in [0.29, 0.717) is 42.7 Å². The summed E-state index contributed by atoms with van der Waals surface area (Å²) in [5, 5.41) is 3.05. The van der Waals surface area contributed by atoms with Gasteiger partial charge in [0.2, 0.25) is 5.91 Å². The second kappa shape index (κ2) is 6.89. The molecule has 0 bridgehead atoms. The van der Waals surface area contributed by atoms with Crippen molar-refractivity contribution in [2.24, 2.45) is 0 Å². The Morgan fingerprint density at radius 2 is 1.82 bits per heavy atom. The maximum Gasteiger partial charge on any atom is 0.255 e. The molecule has 2 aliphatic rings. The average molecular weight is 385 g/mol. The number of nitrogens with zero attached hydrogens (tertiary/aromatic N) is 2. The zero-order chi connectivity index (χ0) is 19.9. The van der Waals surface area contributed by atoms with Crippen LogP contribution in [0, 0.1) is 11.6 Å². The highest BCUT2D eigenvalue weighted by Crippen LogP contribution is 2.36. The van der Waals surface area contributed by atoms with Crippen molar-refractivity contribution in [2.45, 2.75) is 24.9 Å². The summed E-state index contributed by atoms with van der Waals surface area (Å²) in [6.45, 7) is 0.923. The molecule has 28 heavy (non-hydrogen) atoms. The Hall–Kier alpha value is -2.96. The first-order valence-corrected chi connectivity index (χ1v) is 9.26. The molecule has 2 aliphatic heterocycles. The minimum absolute atomic E-state index is 0.0725. The van der Waals surface area contributed by atoms with Crippen LogP contribution in [0.25, 0.3) is 0 Å². The van der Waals surface area contributed by atoms with E-state index in [2.05, 4.69) is 5.32 Å². The Balaban J connectivity index is 1.47. The van der Waals surface area contributed by atoms with Crippen LogP contribution in [0.15, 0.2) is 42.5 Å². The van der Waals surface area contributed by atoms with E-state index in [1.54, 1.807) is 17.0 Å². The number of hydrogen-bond acceptors (Lipinski definition) is 3. The van der Waals surface area contributed by atoms with Crippen molar-refractivity contribution >= 4 is 17.5 Å². The Morgan fingerprint density at radius 1 is 1.11 bits per heavy atom. The van der Waals surface area contributed by atoms with Gasteiger partial charge in [0.05, 0.1) is 17.7 Å². The van der Waals surface area contributed by atoms with Crippen molar-refractivity contribution in [2.75, 3.05) is 25.0 Å². The fourth-order valence-corrected chi connectivity index (χ4v) is 4.09. The fraction of sp³-hybridized carbons (Fsp3) is 0.333. The predicted octanol–water partition coefficient (Wildman–Crippen LogP) is 2.71. The van der Waals surface area contributed by atoms with E-state index < -0.39 is 11.5 Å². The fourth-order valence-electron chi connectivity index (χ4n) is 4.09. The van der Waals surface area contributed by atoms with E-state index in [9.17, 15) is 18.4 Å². The van der Waals surface area contributed by atoms with Crippen molar-refractivity contribution in [3.63, 3.8) is 0 Å². The number of rotatable bonds is 2. The predicted molar refractivity (Wildman–Crippen MR) is 101 cm³/mol. The molecule has 2 aromatic rings. The number of hydrogen-bond donors (Lipinski definition) is 1. The summed E-state index contributed by atoms with van der Waals surface area (Å²) in [6, 6.07) is 10.2. The highest BCUT2D eigenvalue weighted by atomic mass is 19.1. The van der Waals surface area contributed by atoms with Gasteiger partial charge in [-0.15, -0.1) is 0 Å². The molecule has 2 heterocycles. The Kier molecular flexibility index (Phi) is 4.53. The van der Waals surface area contributed by atoms with Crippen LogP contribution in [0.3, 0.4) is 0 Å². The molecule has 1 spiro atoms. The number of likely N-dealkylation sites (tertiary alicyclic amines) is 1. The van der Waals surface area contributed by atoms with Crippen molar-refractivity contribution in [3.8, 4) is 0 Å². The van der Waals surface area contributed by atoms with Crippen LogP contribution in [-0.4, -0.2) is 42.5 Å². The Labute approximate surface area is 161 Å². The third-order valence-electron chi connectivity index (χ3n) is 5.74. The van der Waals surface area contributed by atoms with E-state index in [1.807, 2.05) is 11.9 Å². The quantitative estimate of drug-likeness (QED) is 0.865. The van der Waals surface area contributed by atoms with E-state index >= 15 is 0 Å². The third kappa shape index (κ3) is 3.21. The molecule has 2 aromatic carbocycles. The van der Waals surface area contributed by atoms with Gasteiger partial charge < -0.3 is 15.1 Å². The Bertz CT molecular complexity index is 939. The van der Waals surface area contributed by atoms with Crippen LogP contribution < -0.4 is 10.2 Å². The normalized spacial score (nSPS) is 18.0. The van der Waals surface area contributed by atoms with Crippen LogP contribution in [0.1, 0.15) is 28.8 Å². The minimum atomic E-state index is -0.645. The van der Waals surface area contributed by atoms with Gasteiger partial charge in [-0.25, -0.2) is 8.78 Å². The molecule has 1 saturated heterocycles. The summed E-state index contributed by atoms with van der Waals surface area (Å²) < 4.78 is 27.0. The highest BCUT2D eigenvalue weighted by Gasteiger charge is 2.44. The second-order valence-electron chi connectivity index (χ2n) is 7.39. The maximum absolute atomic E-state index is 13.7. The largest absolute Gasteiger partial charge is 0.351 e. The molecule has 2 amide bonds. The van der Waals surface area contributed by atoms with Gasteiger partial charge in [0, 0.05) is 33.0 Å². The first-order valence-electron chi connectivity index (χ1n) is 9.26. The molecule has 0 unspecified atom stereocenters. The number of amides is 2. The summed E-state index contributed by atoms with van der Waals surface area (Å²) >= 11 is 0. The second-order valence-corrected chi connectivity index (χ2v) is 7.39. The standard InChI is InChI=1S/C21H21F2N3O2/c1-25-18-13-16(23)5-6-17(18)20(28)24-21(25)7-9-26(10-8-21)19(27)12-14-3-2-4-15(22)11-14/h2-6,11,13H,7-10,12H2,1H3,(H,24,28). The maximum atomic E-state index is 13.7. The summed E-state index contributed by atoms with van der Waals surface area (Å²) in [5.74, 6) is -1.05. The van der Waals surface area contributed by atoms with Gasteiger partial charge in [-0.05, 0) is 35.9 Å². The highest BCUT2D eigenvalue weighted by molar-refractivity contribution is 6.02. The number of carbonyl (C=O) groups is 2. The zero-order valence-electron chi connectivity index (χ0n) is 15.5. The molecule has 146 valence electrons. The Morgan fingerprint density at radius 3 is 2.54 bits per heavy atom. The number of piperidine rings is 1. The lowest BCUT2D eigenvalue weighted by Gasteiger charge is -2.51. The van der Waals surface area contributed by atoms with Gasteiger partial charge in [0.1, 0.15) is 17.3 Å². The molecule has 1 fully saturated rings. The molecule has 4 rings (SSSR count). The minimum Gasteiger partial charge on any atom is -0.351 e. The van der Waals surface area contributed by atoms with E-state index in [0.717, 1.165) is 0 Å². The first kappa shape index (κ1) is 18.4. The first-order chi connectivity index (χ1) is 13.4. The van der Waals surface area contributed by atoms with E-state index in [1.165, 1.54) is 30.3 Å². The molecule has 5 nitrogen and oxygen atoms in total. The van der Waals surface area contributed by atoms with Crippen LogP contribution in [0.5, 0.6) is 0 Å².